The Labute approximate surface area is 128 Å². The Kier molecular flexibility index (Phi) is 6.21. The van der Waals surface area contributed by atoms with Crippen LogP contribution in [-0.4, -0.2) is 38.9 Å². The molecule has 0 spiro atoms. The van der Waals surface area contributed by atoms with Gasteiger partial charge in [-0.2, -0.15) is 0 Å². The predicted octanol–water partition coefficient (Wildman–Crippen LogP) is 2.23. The van der Waals surface area contributed by atoms with E-state index in [1.807, 2.05) is 37.3 Å². The molecule has 1 atom stereocenters. The smallest absolute Gasteiger partial charge is 0.218 e. The number of rotatable bonds is 7. The molecule has 21 heavy (non-hydrogen) atoms. The summed E-state index contributed by atoms with van der Waals surface area (Å²) < 4.78 is 27.0. The molecule has 4 nitrogen and oxygen atoms in total. The highest BCUT2D eigenvalue weighted by molar-refractivity contribution is 7.88. The van der Waals surface area contributed by atoms with Crippen LogP contribution in [0.15, 0.2) is 30.3 Å². The van der Waals surface area contributed by atoms with Crippen LogP contribution in [-0.2, 0) is 15.8 Å². The first-order valence-electron chi connectivity index (χ1n) is 7.84. The van der Waals surface area contributed by atoms with Gasteiger partial charge in [0, 0.05) is 13.1 Å². The molecular weight excluding hydrogens is 284 g/mol. The van der Waals surface area contributed by atoms with Crippen LogP contribution in [0.1, 0.15) is 31.7 Å². The third-order valence-corrected chi connectivity index (χ3v) is 5.74. The molecule has 5 heteroatoms. The van der Waals surface area contributed by atoms with Crippen LogP contribution in [0.2, 0.25) is 0 Å². The van der Waals surface area contributed by atoms with Gasteiger partial charge in [-0.3, -0.25) is 0 Å². The van der Waals surface area contributed by atoms with E-state index < -0.39 is 10.0 Å². The summed E-state index contributed by atoms with van der Waals surface area (Å²) in [4.78, 5) is 0. The van der Waals surface area contributed by atoms with E-state index in [-0.39, 0.29) is 5.75 Å². The first-order valence-corrected chi connectivity index (χ1v) is 9.45. The van der Waals surface area contributed by atoms with Gasteiger partial charge < -0.3 is 5.32 Å². The van der Waals surface area contributed by atoms with Gasteiger partial charge in [0.2, 0.25) is 10.0 Å². The van der Waals surface area contributed by atoms with Gasteiger partial charge in [0.25, 0.3) is 0 Å². The lowest BCUT2D eigenvalue weighted by Gasteiger charge is -2.29. The SMILES string of the molecule is CCCN(CC1CCCNC1)S(=O)(=O)Cc1ccccc1. The first kappa shape index (κ1) is 16.5. The predicted molar refractivity (Wildman–Crippen MR) is 86.5 cm³/mol. The van der Waals surface area contributed by atoms with E-state index in [0.29, 0.717) is 19.0 Å². The molecule has 1 saturated heterocycles. The molecule has 0 saturated carbocycles. The Morgan fingerprint density at radius 1 is 1.29 bits per heavy atom. The molecule has 1 aliphatic rings. The van der Waals surface area contributed by atoms with Crippen LogP contribution in [0.4, 0.5) is 0 Å². The molecule has 1 aliphatic heterocycles. The minimum absolute atomic E-state index is 0.105. The Hall–Kier alpha value is -0.910. The summed E-state index contributed by atoms with van der Waals surface area (Å²) in [5, 5.41) is 3.36. The van der Waals surface area contributed by atoms with E-state index in [4.69, 9.17) is 0 Å². The summed E-state index contributed by atoms with van der Waals surface area (Å²) in [5.74, 6) is 0.546. The van der Waals surface area contributed by atoms with E-state index in [2.05, 4.69) is 5.32 Å². The fourth-order valence-electron chi connectivity index (χ4n) is 2.84. The molecule has 0 bridgehead atoms. The van der Waals surface area contributed by atoms with Gasteiger partial charge in [0.05, 0.1) is 5.75 Å². The highest BCUT2D eigenvalue weighted by Crippen LogP contribution is 2.17. The Bertz CT molecular complexity index is 510. The van der Waals surface area contributed by atoms with Crippen molar-refractivity contribution in [3.63, 3.8) is 0 Å². The third kappa shape index (κ3) is 5.09. The summed E-state index contributed by atoms with van der Waals surface area (Å²) in [6.45, 7) is 5.29. The molecule has 2 rings (SSSR count). The van der Waals surface area contributed by atoms with E-state index in [0.717, 1.165) is 37.9 Å². The van der Waals surface area contributed by atoms with E-state index in [1.54, 1.807) is 4.31 Å². The van der Waals surface area contributed by atoms with E-state index in [9.17, 15) is 8.42 Å². The summed E-state index contributed by atoms with van der Waals surface area (Å²) in [7, 11) is -3.23. The molecule has 0 radical (unpaired) electrons. The van der Waals surface area contributed by atoms with Crippen molar-refractivity contribution in [2.24, 2.45) is 5.92 Å². The van der Waals surface area contributed by atoms with E-state index in [1.165, 1.54) is 0 Å². The van der Waals surface area contributed by atoms with Crippen molar-refractivity contribution in [3.8, 4) is 0 Å². The van der Waals surface area contributed by atoms with Gasteiger partial charge in [-0.05, 0) is 43.8 Å². The summed E-state index contributed by atoms with van der Waals surface area (Å²) in [6, 6.07) is 9.45. The number of nitrogens with zero attached hydrogens (tertiary/aromatic N) is 1. The highest BCUT2D eigenvalue weighted by Gasteiger charge is 2.25. The number of benzene rings is 1. The summed E-state index contributed by atoms with van der Waals surface area (Å²) in [5.41, 5.74) is 0.861. The zero-order chi connectivity index (χ0) is 15.1. The molecule has 1 heterocycles. The van der Waals surface area contributed by atoms with Crippen LogP contribution in [0.5, 0.6) is 0 Å². The number of hydrogen-bond donors (Lipinski definition) is 1. The second-order valence-corrected chi connectivity index (χ2v) is 7.78. The Balaban J connectivity index is 2.04. The number of hydrogen-bond acceptors (Lipinski definition) is 3. The molecule has 0 aromatic heterocycles. The van der Waals surface area contributed by atoms with Crippen molar-refractivity contribution < 1.29 is 8.42 Å². The van der Waals surface area contributed by atoms with Gasteiger partial charge in [0.1, 0.15) is 0 Å². The number of nitrogens with one attached hydrogen (secondary N) is 1. The minimum atomic E-state index is -3.23. The van der Waals surface area contributed by atoms with Gasteiger partial charge in [-0.1, -0.05) is 37.3 Å². The largest absolute Gasteiger partial charge is 0.316 e. The molecule has 1 aromatic rings. The second kappa shape index (κ2) is 7.92. The zero-order valence-corrected chi connectivity index (χ0v) is 13.6. The molecule has 1 fully saturated rings. The molecule has 0 amide bonds. The van der Waals surface area contributed by atoms with Crippen molar-refractivity contribution in [2.75, 3.05) is 26.2 Å². The Morgan fingerprint density at radius 3 is 2.67 bits per heavy atom. The molecule has 0 aliphatic carbocycles. The maximum atomic E-state index is 12.7. The fourth-order valence-corrected chi connectivity index (χ4v) is 4.53. The summed E-state index contributed by atoms with van der Waals surface area (Å²) >= 11 is 0. The maximum absolute atomic E-state index is 12.7. The lowest BCUT2D eigenvalue weighted by Crippen LogP contribution is -2.41. The van der Waals surface area contributed by atoms with Crippen LogP contribution >= 0.6 is 0 Å². The molecule has 1 unspecified atom stereocenters. The van der Waals surface area contributed by atoms with E-state index >= 15 is 0 Å². The van der Waals surface area contributed by atoms with Crippen LogP contribution in [0, 0.1) is 5.92 Å². The molecule has 1 aromatic carbocycles. The first-order chi connectivity index (χ1) is 10.1. The molecular formula is C16H26N2O2S. The van der Waals surface area contributed by atoms with Crippen LogP contribution < -0.4 is 5.32 Å². The quantitative estimate of drug-likeness (QED) is 0.840. The Morgan fingerprint density at radius 2 is 2.05 bits per heavy atom. The van der Waals surface area contributed by atoms with Crippen LogP contribution in [0.25, 0.3) is 0 Å². The van der Waals surface area contributed by atoms with Gasteiger partial charge >= 0.3 is 0 Å². The lowest BCUT2D eigenvalue weighted by atomic mass is 10.00. The van der Waals surface area contributed by atoms with Gasteiger partial charge in [-0.25, -0.2) is 12.7 Å². The van der Waals surface area contributed by atoms with Crippen molar-refractivity contribution in [1.29, 1.82) is 0 Å². The van der Waals surface area contributed by atoms with Crippen molar-refractivity contribution in [3.05, 3.63) is 35.9 Å². The standard InChI is InChI=1S/C16H26N2O2S/c1-2-11-18(13-16-9-6-10-17-12-16)21(19,20)14-15-7-4-3-5-8-15/h3-5,7-8,16-17H,2,6,9-14H2,1H3. The average Bonchev–Trinajstić information content (AvgIpc) is 2.48. The van der Waals surface area contributed by atoms with Crippen molar-refractivity contribution in [2.45, 2.75) is 31.9 Å². The molecule has 118 valence electrons. The minimum Gasteiger partial charge on any atom is -0.316 e. The highest BCUT2D eigenvalue weighted by atomic mass is 32.2. The maximum Gasteiger partial charge on any atom is 0.218 e. The van der Waals surface area contributed by atoms with Crippen molar-refractivity contribution >= 4 is 10.0 Å². The average molecular weight is 310 g/mol. The third-order valence-electron chi connectivity index (χ3n) is 3.92. The lowest BCUT2D eigenvalue weighted by molar-refractivity contribution is 0.291. The normalized spacial score (nSPS) is 19.8. The number of sulfonamides is 1. The van der Waals surface area contributed by atoms with Gasteiger partial charge in [0.15, 0.2) is 0 Å². The molecule has 1 N–H and O–H groups in total. The second-order valence-electron chi connectivity index (χ2n) is 5.81. The topological polar surface area (TPSA) is 49.4 Å². The summed E-state index contributed by atoms with van der Waals surface area (Å²) in [6.07, 6.45) is 3.12. The van der Waals surface area contributed by atoms with Gasteiger partial charge in [-0.15, -0.1) is 0 Å². The monoisotopic (exact) mass is 310 g/mol. The fraction of sp³-hybridized carbons (Fsp3) is 0.625. The van der Waals surface area contributed by atoms with Crippen LogP contribution in [0.3, 0.4) is 0 Å². The van der Waals surface area contributed by atoms with Crippen molar-refractivity contribution in [1.82, 2.24) is 9.62 Å². The number of piperidine rings is 1. The zero-order valence-electron chi connectivity index (χ0n) is 12.8.